The quantitative estimate of drug-likeness (QED) is 0.0502. The van der Waals surface area contributed by atoms with Crippen molar-refractivity contribution < 1.29 is 202 Å². The number of carbonyl (C=O) groups is 7. The van der Waals surface area contributed by atoms with Crippen molar-refractivity contribution >= 4 is 41.2 Å². The van der Waals surface area contributed by atoms with Crippen LogP contribution in [0.4, 0.5) is 0 Å². The number of rotatable bonds is 25. The number of aromatic nitrogens is 12. The SMILES string of the molecule is CC(C)C(=O)c1cc2nc(c1)-c1cc(C(=O)CCCN)cc(n1)CN1Cc3cccc(n3)-c3cccc(n3)CN(Cc3cccc(n3)-c3cccc(n3)C1)C2.CC(C)C(=O)c1cc2nc(c1)-c1cc(C(=O)O)cc(n1)CN1Cc3cccc(n3)-c3cccc(n3)CC(Cc3cccc(n3)-c3cccc(n3)C1)C2.CCN(CCN(CCN(CC(=O)[O-])Cc1ccc(C(C)C)cc1)CC(=O)[O-])CC(=O)[O-].[Eu+3].[Eu+3].[Eu+3]. The first-order valence-corrected chi connectivity index (χ1v) is 46.9. The second-order valence-electron chi connectivity index (χ2n) is 36.5. The third-order valence-corrected chi connectivity index (χ3v) is 24.3. The van der Waals surface area contributed by atoms with Crippen molar-refractivity contribution in [3.8, 4) is 68.3 Å². The first kappa shape index (κ1) is 110. The van der Waals surface area contributed by atoms with Crippen LogP contribution < -0.4 is 21.1 Å². The number of benzene rings is 1. The minimum Gasteiger partial charge on any atom is -0.549 e. The van der Waals surface area contributed by atoms with Crippen molar-refractivity contribution in [2.45, 2.75) is 152 Å². The number of pyridine rings is 12. The van der Waals surface area contributed by atoms with E-state index in [9.17, 15) is 54.0 Å². The molecule has 30 nitrogen and oxygen atoms in total. The minimum absolute atomic E-state index is 0. The standard InChI is InChI=1S/C44H43N9O2.C42H37N7O3.C22H35N3O6.3Eu/c1-28(2)44(55)30-19-36-27-53-24-33-10-5-14-39(48-33)37-12-3-8-31(46-37)22-52(23-32-9-4-13-38(47-32)40-15-6-11-34(25-53)49-40)26-35-18-29(43(54)16-7-17-45)20-41(50-35)42(21-30)51-36;1-25(2)41(50)27-18-33-17-26-15-29-7-3-11-35(43-29)37-13-5-9-31(45-37)22-49(24-34-19-28(42(51)52)21-40(48-34)39(20-27)47-33)23-32-10-6-14-38(46-32)36-12-4-8-30(16-26)44-36;1-4-23(14-20(26)27)9-10-24(15-21(28)29)11-12-25(16-22(30)31)13-18-5-7-19(8-6-18)17(2)3;;;/h3-6,8-15,18-21,28H,7,16-17,22-27,45H2,1-2H3;3-14,18-21,25-26H,15-17,22-24H2,1-2H3,(H,51,52);5-8,17H,4,9-16H2,1-3H3,(H,26,27)(H,28,29)(H,30,31);;;/q;;;3*+3/p-3. The molecule has 0 fully saturated rings. The van der Waals surface area contributed by atoms with Crippen molar-refractivity contribution in [3.63, 3.8) is 0 Å². The van der Waals surface area contributed by atoms with E-state index in [1.165, 1.54) is 5.56 Å². The molecule has 0 atom stereocenters. The number of hydrogen-bond acceptors (Lipinski definition) is 29. The maximum Gasteiger partial charge on any atom is 3.00 e. The Bertz CT molecular complexity index is 6420. The zero-order valence-electron chi connectivity index (χ0n) is 79.9. The van der Waals surface area contributed by atoms with Crippen LogP contribution in [-0.2, 0) is 99.1 Å². The van der Waals surface area contributed by atoms with Crippen LogP contribution in [0.15, 0.2) is 218 Å². The molecule has 3 N–H and O–H groups in total. The molecule has 0 aliphatic carbocycles. The van der Waals surface area contributed by atoms with Gasteiger partial charge in [-0.1, -0.05) is 121 Å². The second-order valence-corrected chi connectivity index (χ2v) is 36.5. The molecule has 0 spiro atoms. The molecule has 6 aliphatic rings. The number of nitrogens with two attached hydrogens (primary N) is 1. The molecule has 13 aromatic rings. The maximum atomic E-state index is 13.7. The van der Waals surface area contributed by atoms with Gasteiger partial charge in [0.2, 0.25) is 0 Å². The number of nitrogens with zero attached hydrogens (tertiary/aromatic N) is 18. The van der Waals surface area contributed by atoms with Gasteiger partial charge in [-0.15, -0.1) is 0 Å². The van der Waals surface area contributed by atoms with E-state index in [1.54, 1.807) is 45.9 Å². The van der Waals surface area contributed by atoms with Crippen LogP contribution in [0.5, 0.6) is 0 Å². The van der Waals surface area contributed by atoms with Crippen LogP contribution in [-0.4, -0.2) is 194 Å². The Balaban J connectivity index is 0.000000195. The molecule has 1 aromatic carbocycles. The number of Topliss-reactive ketones (excluding diaryl/α,β-unsaturated/α-hetero) is 3. The van der Waals surface area contributed by atoms with E-state index in [-0.39, 0.29) is 215 Å². The summed E-state index contributed by atoms with van der Waals surface area (Å²) in [6.07, 6.45) is 2.66. The zero-order chi connectivity index (χ0) is 97.0. The normalized spacial score (nSPS) is 15.0. The van der Waals surface area contributed by atoms with E-state index >= 15 is 0 Å². The fraction of sp³-hybridized carbons (Fsp3) is 0.324. The average molecular weight is 2310 g/mol. The molecule has 0 saturated carbocycles. The van der Waals surface area contributed by atoms with E-state index < -0.39 is 23.9 Å². The van der Waals surface area contributed by atoms with E-state index in [2.05, 4.69) is 28.5 Å². The van der Waals surface area contributed by atoms with Crippen LogP contribution in [0.25, 0.3) is 68.3 Å². The van der Waals surface area contributed by atoms with Crippen LogP contribution in [0, 0.1) is 166 Å². The molecule has 18 heterocycles. The van der Waals surface area contributed by atoms with Gasteiger partial charge in [0.05, 0.1) is 143 Å². The van der Waals surface area contributed by atoms with Crippen molar-refractivity contribution in [2.24, 2.45) is 23.5 Å². The smallest absolute Gasteiger partial charge is 0.549 e. The van der Waals surface area contributed by atoms with Gasteiger partial charge in [-0.25, -0.2) is 49.7 Å². The molecule has 28 bridgehead atoms. The Morgan fingerprint density at radius 3 is 0.965 bits per heavy atom. The summed E-state index contributed by atoms with van der Waals surface area (Å²) in [5, 5.41) is 43.3. The van der Waals surface area contributed by atoms with Gasteiger partial charge in [0.1, 0.15) is 0 Å². The number of carbonyl (C=O) groups excluding carboxylic acids is 6. The average Bonchev–Trinajstić information content (AvgIpc) is 0.795. The molecule has 0 saturated heterocycles. The van der Waals surface area contributed by atoms with Crippen LogP contribution in [0.3, 0.4) is 0 Å². The molecule has 12 aromatic heterocycles. The van der Waals surface area contributed by atoms with Crippen LogP contribution in [0.2, 0.25) is 0 Å². The molecule has 141 heavy (non-hydrogen) atoms. The van der Waals surface area contributed by atoms with Crippen molar-refractivity contribution in [1.29, 1.82) is 0 Å². The van der Waals surface area contributed by atoms with Gasteiger partial charge in [-0.2, -0.15) is 0 Å². The molecule has 0 unspecified atom stereocenters. The Labute approximate surface area is 943 Å². The number of likely N-dealkylation sites (N-methyl/N-ethyl adjacent to an activating group) is 1. The van der Waals surface area contributed by atoms with Crippen LogP contribution >= 0.6 is 0 Å². The zero-order valence-corrected chi connectivity index (χ0v) is 87.1. The molecule has 33 heteroatoms. The van der Waals surface area contributed by atoms with Gasteiger partial charge in [0, 0.05) is 163 Å². The number of hydrogen-bond donors (Lipinski definition) is 2. The summed E-state index contributed by atoms with van der Waals surface area (Å²) < 4.78 is 0. The number of aliphatic carboxylic acids is 3. The van der Waals surface area contributed by atoms with Crippen molar-refractivity contribution in [3.05, 3.63) is 320 Å². The summed E-state index contributed by atoms with van der Waals surface area (Å²) in [6, 6.07) is 70.2. The maximum absolute atomic E-state index is 13.7. The summed E-state index contributed by atoms with van der Waals surface area (Å²) in [5.41, 5.74) is 27.4. The van der Waals surface area contributed by atoms with Gasteiger partial charge in [0.15, 0.2) is 17.3 Å². The number of aromatic carboxylic acids is 1. The van der Waals surface area contributed by atoms with Crippen molar-refractivity contribution in [2.75, 3.05) is 58.9 Å². The van der Waals surface area contributed by atoms with E-state index in [0.717, 1.165) is 102 Å². The summed E-state index contributed by atoms with van der Waals surface area (Å²) in [5.74, 6) is -4.84. The number of carboxylic acids is 4. The summed E-state index contributed by atoms with van der Waals surface area (Å²) in [6.45, 7) is 19.1. The van der Waals surface area contributed by atoms with Gasteiger partial charge in [-0.3, -0.25) is 58.7 Å². The van der Waals surface area contributed by atoms with Gasteiger partial charge in [-0.05, 0) is 207 Å². The summed E-state index contributed by atoms with van der Waals surface area (Å²) in [7, 11) is 0. The Kier molecular flexibility index (Phi) is 41.2. The molecule has 19 rings (SSSR count). The van der Waals surface area contributed by atoms with Gasteiger partial charge in [0.25, 0.3) is 0 Å². The molecule has 0 amide bonds. The molecular weight excluding hydrogens is 2200 g/mol. The molecular formula is C108H112Eu3N19O11+6. The van der Waals surface area contributed by atoms with Crippen molar-refractivity contribution in [1.82, 2.24) is 89.2 Å². The third-order valence-electron chi connectivity index (χ3n) is 24.3. The molecule has 0 radical (unpaired) electrons. The monoisotopic (exact) mass is 2310 g/mol. The Morgan fingerprint density at radius 2 is 0.624 bits per heavy atom. The minimum atomic E-state index is -1.25. The first-order valence-electron chi connectivity index (χ1n) is 46.9. The van der Waals surface area contributed by atoms with Gasteiger partial charge < -0.3 is 40.5 Å². The number of ketones is 3. The Hall–Kier alpha value is -9.62. The first-order chi connectivity index (χ1) is 66.6. The fourth-order valence-electron chi connectivity index (χ4n) is 17.5. The largest absolute Gasteiger partial charge is 3.00 e. The second kappa shape index (κ2) is 52.8. The topological polar surface area (TPSA) is 409 Å². The van der Waals surface area contributed by atoms with Crippen LogP contribution in [0.1, 0.15) is 188 Å². The predicted octanol–water partition coefficient (Wildman–Crippen LogP) is 11.4. The molecule has 720 valence electrons. The fourth-order valence-corrected chi connectivity index (χ4v) is 17.5. The number of carboxylic acid groups (broad SMARTS) is 4. The van der Waals surface area contributed by atoms with E-state index in [4.69, 9.17) is 65.5 Å². The predicted molar refractivity (Wildman–Crippen MR) is 516 cm³/mol. The summed E-state index contributed by atoms with van der Waals surface area (Å²) >= 11 is 0. The Morgan fingerprint density at radius 1 is 0.348 bits per heavy atom. The summed E-state index contributed by atoms with van der Waals surface area (Å²) in [4.78, 5) is 159. The molecule has 6 aliphatic heterocycles. The van der Waals surface area contributed by atoms with Gasteiger partial charge >= 0.3 is 154 Å². The van der Waals surface area contributed by atoms with E-state index in [1.807, 2.05) is 222 Å². The third kappa shape index (κ3) is 31.7. The van der Waals surface area contributed by atoms with E-state index in [0.29, 0.717) is 193 Å².